The molecule has 1 rings (SSSR count). The Kier molecular flexibility index (Phi) is 4.59. The summed E-state index contributed by atoms with van der Waals surface area (Å²) in [6.45, 7) is 0. The van der Waals surface area contributed by atoms with Crippen LogP contribution in [0.2, 0.25) is 10.0 Å². The summed E-state index contributed by atoms with van der Waals surface area (Å²) in [5.74, 6) is -1.27. The number of methoxy groups -OCH3 is 1. The highest BCUT2D eigenvalue weighted by molar-refractivity contribution is 6.34. The Morgan fingerprint density at radius 1 is 1.29 bits per heavy atom. The fourth-order valence-corrected chi connectivity index (χ4v) is 1.64. The van der Waals surface area contributed by atoms with E-state index in [1.54, 1.807) is 0 Å². The van der Waals surface area contributed by atoms with Crippen molar-refractivity contribution in [2.45, 2.75) is 12.2 Å². The van der Waals surface area contributed by atoms with Gasteiger partial charge in [-0.1, -0.05) is 23.2 Å². The molecular weight excluding hydrogens is 271 g/mol. The minimum absolute atomic E-state index is 0.0207. The Hall–Kier alpha value is -1.01. The molecule has 1 aromatic carbocycles. The Bertz CT molecular complexity index is 435. The zero-order chi connectivity index (χ0) is 13.2. The van der Waals surface area contributed by atoms with Gasteiger partial charge < -0.3 is 20.1 Å². The van der Waals surface area contributed by atoms with E-state index in [2.05, 4.69) is 4.74 Å². The van der Waals surface area contributed by atoms with Crippen molar-refractivity contribution < 1.29 is 24.9 Å². The number of hydrogen-bond acceptors (Lipinski definition) is 5. The number of halogens is 2. The Labute approximate surface area is 107 Å². The van der Waals surface area contributed by atoms with Gasteiger partial charge in [0, 0.05) is 11.6 Å². The normalized spacial score (nSPS) is 14.2. The predicted molar refractivity (Wildman–Crippen MR) is 61.1 cm³/mol. The van der Waals surface area contributed by atoms with E-state index >= 15 is 0 Å². The molecule has 0 aliphatic carbocycles. The lowest BCUT2D eigenvalue weighted by Crippen LogP contribution is -2.29. The molecule has 3 N–H and O–H groups in total. The molecule has 0 aliphatic rings. The van der Waals surface area contributed by atoms with Crippen molar-refractivity contribution in [1.29, 1.82) is 0 Å². The number of hydrogen-bond donors (Lipinski definition) is 3. The second-order valence-electron chi connectivity index (χ2n) is 3.24. The molecule has 0 spiro atoms. The number of esters is 1. The summed E-state index contributed by atoms with van der Waals surface area (Å²) >= 11 is 11.4. The van der Waals surface area contributed by atoms with Gasteiger partial charge in [0.2, 0.25) is 0 Å². The first kappa shape index (κ1) is 14.1. The van der Waals surface area contributed by atoms with Crippen LogP contribution in [-0.2, 0) is 9.53 Å². The largest absolute Gasteiger partial charge is 0.506 e. The van der Waals surface area contributed by atoms with Gasteiger partial charge in [0.05, 0.1) is 17.2 Å². The summed E-state index contributed by atoms with van der Waals surface area (Å²) in [4.78, 5) is 11.0. The van der Waals surface area contributed by atoms with E-state index in [4.69, 9.17) is 23.2 Å². The summed E-state index contributed by atoms with van der Waals surface area (Å²) in [5.41, 5.74) is 0.0207. The molecular formula is C10H10Cl2O5. The van der Waals surface area contributed by atoms with Gasteiger partial charge >= 0.3 is 5.97 Å². The van der Waals surface area contributed by atoms with Crippen LogP contribution in [0.15, 0.2) is 12.1 Å². The smallest absolute Gasteiger partial charge is 0.337 e. The summed E-state index contributed by atoms with van der Waals surface area (Å²) in [6, 6.07) is 2.27. The monoisotopic (exact) mass is 280 g/mol. The first-order valence-corrected chi connectivity index (χ1v) is 5.26. The molecule has 2 atom stereocenters. The third kappa shape index (κ3) is 3.01. The van der Waals surface area contributed by atoms with Crippen LogP contribution in [0.3, 0.4) is 0 Å². The third-order valence-electron chi connectivity index (χ3n) is 2.13. The van der Waals surface area contributed by atoms with Gasteiger partial charge in [-0.15, -0.1) is 0 Å². The van der Waals surface area contributed by atoms with E-state index in [9.17, 15) is 20.1 Å². The molecule has 0 radical (unpaired) electrons. The van der Waals surface area contributed by atoms with E-state index in [-0.39, 0.29) is 21.4 Å². The van der Waals surface area contributed by atoms with Gasteiger partial charge in [-0.3, -0.25) is 0 Å². The number of ether oxygens (including phenoxy) is 1. The van der Waals surface area contributed by atoms with Gasteiger partial charge in [0.1, 0.15) is 11.9 Å². The average Bonchev–Trinajstić information content (AvgIpc) is 2.31. The number of phenols is 1. The van der Waals surface area contributed by atoms with E-state index < -0.39 is 18.2 Å². The lowest BCUT2D eigenvalue weighted by molar-refractivity contribution is -0.156. The van der Waals surface area contributed by atoms with Crippen molar-refractivity contribution in [1.82, 2.24) is 0 Å². The van der Waals surface area contributed by atoms with E-state index in [0.29, 0.717) is 0 Å². The van der Waals surface area contributed by atoms with Crippen LogP contribution in [0, 0.1) is 0 Å². The highest BCUT2D eigenvalue weighted by Gasteiger charge is 2.28. The number of aromatic hydroxyl groups is 1. The number of rotatable bonds is 3. The van der Waals surface area contributed by atoms with Crippen LogP contribution in [0.1, 0.15) is 11.7 Å². The molecule has 0 aromatic heterocycles. The molecule has 0 saturated carbocycles. The van der Waals surface area contributed by atoms with Gasteiger partial charge in [-0.2, -0.15) is 0 Å². The van der Waals surface area contributed by atoms with Gasteiger partial charge in [0.15, 0.2) is 6.10 Å². The maximum absolute atomic E-state index is 11.0. The van der Waals surface area contributed by atoms with Crippen molar-refractivity contribution in [2.24, 2.45) is 0 Å². The molecule has 7 heteroatoms. The highest BCUT2D eigenvalue weighted by Crippen LogP contribution is 2.34. The number of phenolic OH excluding ortho intramolecular Hbond substituents is 1. The maximum atomic E-state index is 11.0. The van der Waals surface area contributed by atoms with E-state index in [1.165, 1.54) is 0 Å². The number of carbonyl (C=O) groups is 1. The minimum atomic E-state index is -1.78. The standard InChI is InChI=1S/C10H10Cl2O5/c1-17-10(16)9(15)8(14)4-2-6(12)7(13)3-5(4)11/h2-3,8-9,13-15H,1H3. The third-order valence-corrected chi connectivity index (χ3v) is 2.76. The van der Waals surface area contributed by atoms with E-state index in [0.717, 1.165) is 19.2 Å². The first-order valence-electron chi connectivity index (χ1n) is 4.50. The van der Waals surface area contributed by atoms with Crippen LogP contribution in [0.4, 0.5) is 0 Å². The maximum Gasteiger partial charge on any atom is 0.337 e. The molecule has 0 bridgehead atoms. The first-order chi connectivity index (χ1) is 7.88. The Morgan fingerprint density at radius 3 is 2.41 bits per heavy atom. The summed E-state index contributed by atoms with van der Waals surface area (Å²) in [5, 5.41) is 28.3. The van der Waals surface area contributed by atoms with Crippen molar-refractivity contribution in [3.8, 4) is 5.75 Å². The summed E-state index contributed by atoms with van der Waals surface area (Å²) < 4.78 is 4.27. The Morgan fingerprint density at radius 2 is 1.88 bits per heavy atom. The molecule has 17 heavy (non-hydrogen) atoms. The molecule has 5 nitrogen and oxygen atoms in total. The second kappa shape index (κ2) is 5.55. The molecule has 0 aliphatic heterocycles. The lowest BCUT2D eigenvalue weighted by Gasteiger charge is -2.17. The molecule has 1 aromatic rings. The quantitative estimate of drug-likeness (QED) is 0.726. The number of aliphatic hydroxyl groups excluding tert-OH is 2. The molecule has 0 amide bonds. The summed E-state index contributed by atoms with van der Waals surface area (Å²) in [7, 11) is 1.07. The van der Waals surface area contributed by atoms with Gasteiger partial charge in [-0.05, 0) is 6.07 Å². The van der Waals surface area contributed by atoms with Gasteiger partial charge in [-0.25, -0.2) is 4.79 Å². The average molecular weight is 281 g/mol. The van der Waals surface area contributed by atoms with Crippen LogP contribution < -0.4 is 0 Å². The number of benzene rings is 1. The molecule has 0 heterocycles. The van der Waals surface area contributed by atoms with E-state index in [1.807, 2.05) is 0 Å². The predicted octanol–water partition coefficient (Wildman–Crippen LogP) is 1.27. The molecule has 2 unspecified atom stereocenters. The number of carbonyl (C=O) groups excluding carboxylic acids is 1. The summed E-state index contributed by atoms with van der Waals surface area (Å²) in [6.07, 6.45) is -3.37. The Balaban J connectivity index is 3.08. The van der Waals surface area contributed by atoms with Crippen LogP contribution in [0.5, 0.6) is 5.75 Å². The van der Waals surface area contributed by atoms with Crippen molar-refractivity contribution in [3.05, 3.63) is 27.7 Å². The lowest BCUT2D eigenvalue weighted by atomic mass is 10.0. The zero-order valence-corrected chi connectivity index (χ0v) is 10.2. The molecule has 94 valence electrons. The fraction of sp³-hybridized carbons (Fsp3) is 0.300. The van der Waals surface area contributed by atoms with Crippen molar-refractivity contribution in [3.63, 3.8) is 0 Å². The van der Waals surface area contributed by atoms with Crippen LogP contribution >= 0.6 is 23.2 Å². The fourth-order valence-electron chi connectivity index (χ4n) is 1.20. The molecule has 0 saturated heterocycles. The minimum Gasteiger partial charge on any atom is -0.506 e. The second-order valence-corrected chi connectivity index (χ2v) is 4.05. The van der Waals surface area contributed by atoms with Crippen molar-refractivity contribution >= 4 is 29.2 Å². The SMILES string of the molecule is COC(=O)C(O)C(O)c1cc(Cl)c(O)cc1Cl. The van der Waals surface area contributed by atoms with Gasteiger partial charge in [0.25, 0.3) is 0 Å². The van der Waals surface area contributed by atoms with Crippen molar-refractivity contribution in [2.75, 3.05) is 7.11 Å². The topological polar surface area (TPSA) is 87.0 Å². The zero-order valence-electron chi connectivity index (χ0n) is 8.72. The molecule has 0 fully saturated rings. The van der Waals surface area contributed by atoms with Crippen LogP contribution in [0.25, 0.3) is 0 Å². The number of aliphatic hydroxyl groups is 2. The highest BCUT2D eigenvalue weighted by atomic mass is 35.5. The van der Waals surface area contributed by atoms with Crippen LogP contribution in [-0.4, -0.2) is 34.5 Å².